The van der Waals surface area contributed by atoms with Crippen molar-refractivity contribution in [1.29, 1.82) is 0 Å². The Morgan fingerprint density at radius 1 is 0.944 bits per heavy atom. The van der Waals surface area contributed by atoms with Crippen LogP contribution in [0.4, 0.5) is 4.79 Å². The molecule has 0 fully saturated rings. The van der Waals surface area contributed by atoms with E-state index in [0.717, 1.165) is 44.7 Å². The fourth-order valence-electron chi connectivity index (χ4n) is 4.87. The number of carbonyl (C=O) groups excluding carboxylic acids is 1. The Balaban J connectivity index is 1.44. The topological polar surface area (TPSA) is 84.9 Å². The molecule has 188 valence electrons. The quantitative estimate of drug-likeness (QED) is 0.426. The van der Waals surface area contributed by atoms with Gasteiger partial charge in [0.25, 0.3) is 0 Å². The zero-order valence-electron chi connectivity index (χ0n) is 21.4. The Morgan fingerprint density at radius 3 is 1.97 bits per heavy atom. The minimum Gasteiger partial charge on any atom is -0.488 e. The highest BCUT2D eigenvalue weighted by atomic mass is 16.5. The van der Waals surface area contributed by atoms with Crippen molar-refractivity contribution in [3.63, 3.8) is 0 Å². The first-order chi connectivity index (χ1) is 17.0. The third-order valence-electron chi connectivity index (χ3n) is 6.44. The van der Waals surface area contributed by atoms with Gasteiger partial charge in [-0.25, -0.2) is 9.59 Å². The zero-order chi connectivity index (χ0) is 26.0. The second-order valence-corrected chi connectivity index (χ2v) is 10.3. The van der Waals surface area contributed by atoms with Gasteiger partial charge >= 0.3 is 12.1 Å². The summed E-state index contributed by atoms with van der Waals surface area (Å²) in [5.74, 6) is -0.471. The van der Waals surface area contributed by atoms with Crippen molar-refractivity contribution in [1.82, 2.24) is 5.32 Å². The van der Waals surface area contributed by atoms with Gasteiger partial charge in [-0.05, 0) is 85.7 Å². The summed E-state index contributed by atoms with van der Waals surface area (Å²) >= 11 is 0. The molecule has 0 aromatic heterocycles. The summed E-state index contributed by atoms with van der Waals surface area (Å²) in [7, 11) is 0. The van der Waals surface area contributed by atoms with Gasteiger partial charge in [0.15, 0.2) is 0 Å². The highest BCUT2D eigenvalue weighted by Crippen LogP contribution is 2.44. The maximum Gasteiger partial charge on any atom is 0.407 e. The van der Waals surface area contributed by atoms with Crippen LogP contribution >= 0.6 is 0 Å². The van der Waals surface area contributed by atoms with Gasteiger partial charge in [0.05, 0.1) is 0 Å². The molecule has 4 rings (SSSR count). The fraction of sp³-hybridized carbons (Fsp3) is 0.333. The molecule has 1 atom stereocenters. The normalized spacial score (nSPS) is 13.5. The minimum atomic E-state index is -1.12. The van der Waals surface area contributed by atoms with E-state index in [0.29, 0.717) is 0 Å². The van der Waals surface area contributed by atoms with Crippen LogP contribution in [0.15, 0.2) is 60.7 Å². The van der Waals surface area contributed by atoms with Gasteiger partial charge in [-0.3, -0.25) is 0 Å². The Bertz CT molecular complexity index is 1220. The van der Waals surface area contributed by atoms with Crippen LogP contribution < -0.4 is 10.1 Å². The van der Waals surface area contributed by atoms with Gasteiger partial charge in [-0.1, -0.05) is 48.5 Å². The standard InChI is InChI=1S/C30H33NO5/c1-18-14-20(36-30(3,4)5)15-19(2)25(18)16-27(28(32)33)31-29(34)35-17-26-23-12-8-6-10-21(23)22-11-7-9-13-24(22)26/h6-15,26-27H,16-17H2,1-5H3,(H,31,34)(H,32,33). The van der Waals surface area contributed by atoms with E-state index in [9.17, 15) is 14.7 Å². The number of nitrogens with one attached hydrogen (secondary N) is 1. The molecule has 36 heavy (non-hydrogen) atoms. The Hall–Kier alpha value is -3.80. The second-order valence-electron chi connectivity index (χ2n) is 10.3. The van der Waals surface area contributed by atoms with Crippen LogP contribution in [0, 0.1) is 13.8 Å². The lowest BCUT2D eigenvalue weighted by molar-refractivity contribution is -0.139. The van der Waals surface area contributed by atoms with E-state index in [1.165, 1.54) is 0 Å². The number of aliphatic carboxylic acids is 1. The maximum atomic E-state index is 12.7. The van der Waals surface area contributed by atoms with Gasteiger partial charge in [-0.15, -0.1) is 0 Å². The van der Waals surface area contributed by atoms with E-state index in [4.69, 9.17) is 9.47 Å². The molecule has 0 heterocycles. The highest BCUT2D eigenvalue weighted by Gasteiger charge is 2.30. The summed E-state index contributed by atoms with van der Waals surface area (Å²) in [4.78, 5) is 24.7. The molecule has 3 aromatic carbocycles. The molecule has 6 heteroatoms. The first-order valence-electron chi connectivity index (χ1n) is 12.2. The third kappa shape index (κ3) is 5.54. The monoisotopic (exact) mass is 487 g/mol. The summed E-state index contributed by atoms with van der Waals surface area (Å²) < 4.78 is 11.5. The number of benzene rings is 3. The van der Waals surface area contributed by atoms with E-state index in [2.05, 4.69) is 17.4 Å². The number of hydrogen-bond donors (Lipinski definition) is 2. The van der Waals surface area contributed by atoms with Crippen LogP contribution in [-0.2, 0) is 16.0 Å². The molecular weight excluding hydrogens is 454 g/mol. The third-order valence-corrected chi connectivity index (χ3v) is 6.44. The number of carboxylic acid groups (broad SMARTS) is 1. The first kappa shape index (κ1) is 25.3. The first-order valence-corrected chi connectivity index (χ1v) is 12.2. The molecular formula is C30H33NO5. The molecule has 0 saturated carbocycles. The molecule has 0 saturated heterocycles. The average molecular weight is 488 g/mol. The van der Waals surface area contributed by atoms with Crippen LogP contribution in [0.1, 0.15) is 54.5 Å². The number of amides is 1. The summed E-state index contributed by atoms with van der Waals surface area (Å²) in [5, 5.41) is 12.4. The summed E-state index contributed by atoms with van der Waals surface area (Å²) in [6, 6.07) is 18.8. The SMILES string of the molecule is Cc1cc(OC(C)(C)C)cc(C)c1CC(NC(=O)OCC1c2ccccc2-c2ccccc21)C(=O)O. The molecule has 2 N–H and O–H groups in total. The lowest BCUT2D eigenvalue weighted by Gasteiger charge is -2.23. The number of carbonyl (C=O) groups is 2. The van der Waals surface area contributed by atoms with Gasteiger partial charge in [0.2, 0.25) is 0 Å². The average Bonchev–Trinajstić information content (AvgIpc) is 3.12. The van der Waals surface area contributed by atoms with Crippen molar-refractivity contribution in [2.45, 2.75) is 58.6 Å². The van der Waals surface area contributed by atoms with Gasteiger partial charge in [-0.2, -0.15) is 0 Å². The van der Waals surface area contributed by atoms with Gasteiger partial charge < -0.3 is 19.9 Å². The van der Waals surface area contributed by atoms with Crippen molar-refractivity contribution >= 4 is 12.1 Å². The summed E-state index contributed by atoms with van der Waals surface area (Å²) in [5.41, 5.74) is 6.82. The van der Waals surface area contributed by atoms with E-state index in [-0.39, 0.29) is 24.5 Å². The van der Waals surface area contributed by atoms with Crippen molar-refractivity contribution in [2.75, 3.05) is 6.61 Å². The predicted octanol–water partition coefficient (Wildman–Crippen LogP) is 6.02. The van der Waals surface area contributed by atoms with Crippen molar-refractivity contribution in [3.8, 4) is 16.9 Å². The molecule has 0 aliphatic heterocycles. The molecule has 1 unspecified atom stereocenters. The van der Waals surface area contributed by atoms with Crippen LogP contribution in [0.5, 0.6) is 5.75 Å². The molecule has 0 radical (unpaired) electrons. The number of aryl methyl sites for hydroxylation is 2. The summed E-state index contributed by atoms with van der Waals surface area (Å²) in [6.07, 6.45) is -0.597. The Kier molecular flexibility index (Phi) is 7.07. The van der Waals surface area contributed by atoms with E-state index in [1.807, 2.05) is 83.1 Å². The fourth-order valence-corrected chi connectivity index (χ4v) is 4.87. The lowest BCUT2D eigenvalue weighted by Crippen LogP contribution is -2.43. The van der Waals surface area contributed by atoms with E-state index in [1.54, 1.807) is 0 Å². The Labute approximate surface area is 212 Å². The largest absolute Gasteiger partial charge is 0.488 e. The summed E-state index contributed by atoms with van der Waals surface area (Å²) in [6.45, 7) is 9.90. The molecule has 6 nitrogen and oxygen atoms in total. The molecule has 0 bridgehead atoms. The van der Waals surface area contributed by atoms with Crippen LogP contribution in [-0.4, -0.2) is 35.4 Å². The molecule has 1 amide bonds. The highest BCUT2D eigenvalue weighted by molar-refractivity contribution is 5.81. The van der Waals surface area contributed by atoms with Gasteiger partial charge in [0.1, 0.15) is 24.0 Å². The van der Waals surface area contributed by atoms with E-state index < -0.39 is 18.1 Å². The number of rotatable bonds is 7. The number of alkyl carbamates (subject to hydrolysis) is 1. The minimum absolute atomic E-state index is 0.0914. The lowest BCUT2D eigenvalue weighted by atomic mass is 9.96. The molecule has 0 spiro atoms. The second kappa shape index (κ2) is 10.1. The zero-order valence-corrected chi connectivity index (χ0v) is 21.4. The van der Waals surface area contributed by atoms with Gasteiger partial charge in [0, 0.05) is 12.3 Å². The Morgan fingerprint density at radius 2 is 1.47 bits per heavy atom. The van der Waals surface area contributed by atoms with Crippen LogP contribution in [0.25, 0.3) is 11.1 Å². The maximum absolute atomic E-state index is 12.7. The van der Waals surface area contributed by atoms with Crippen molar-refractivity contribution in [3.05, 3.63) is 88.5 Å². The number of hydrogen-bond acceptors (Lipinski definition) is 4. The van der Waals surface area contributed by atoms with Crippen molar-refractivity contribution in [2.24, 2.45) is 0 Å². The van der Waals surface area contributed by atoms with E-state index >= 15 is 0 Å². The molecule has 1 aliphatic carbocycles. The van der Waals surface area contributed by atoms with Crippen LogP contribution in [0.2, 0.25) is 0 Å². The van der Waals surface area contributed by atoms with Crippen LogP contribution in [0.3, 0.4) is 0 Å². The molecule has 3 aromatic rings. The predicted molar refractivity (Wildman–Crippen MR) is 140 cm³/mol. The van der Waals surface area contributed by atoms with Crippen molar-refractivity contribution < 1.29 is 24.2 Å². The number of carboxylic acids is 1. The smallest absolute Gasteiger partial charge is 0.407 e. The molecule has 1 aliphatic rings. The number of ether oxygens (including phenoxy) is 2. The number of fused-ring (bicyclic) bond motifs is 3.